The summed E-state index contributed by atoms with van der Waals surface area (Å²) in [6.45, 7) is 3.09. The fourth-order valence-corrected chi connectivity index (χ4v) is 2.89. The highest BCUT2D eigenvalue weighted by Gasteiger charge is 2.18. The highest BCUT2D eigenvalue weighted by atomic mass is 15.1. The Morgan fingerprint density at radius 1 is 1.05 bits per heavy atom. The molecule has 19 heavy (non-hydrogen) atoms. The van der Waals surface area contributed by atoms with Crippen molar-refractivity contribution in [2.45, 2.75) is 19.4 Å². The summed E-state index contributed by atoms with van der Waals surface area (Å²) in [7, 11) is 0. The summed E-state index contributed by atoms with van der Waals surface area (Å²) in [5, 5.41) is 11.6. The van der Waals surface area contributed by atoms with Gasteiger partial charge in [-0.05, 0) is 42.3 Å². The van der Waals surface area contributed by atoms with Crippen molar-refractivity contribution in [3.63, 3.8) is 0 Å². The lowest BCUT2D eigenvalue weighted by molar-refractivity contribution is 0.199. The molecule has 2 aromatic rings. The van der Waals surface area contributed by atoms with Crippen LogP contribution in [0.15, 0.2) is 42.5 Å². The summed E-state index contributed by atoms with van der Waals surface area (Å²) >= 11 is 0. The Morgan fingerprint density at radius 3 is 2.58 bits per heavy atom. The summed E-state index contributed by atoms with van der Waals surface area (Å²) in [5.41, 5.74) is 1.40. The zero-order valence-electron chi connectivity index (χ0n) is 11.0. The number of rotatable bonds is 2. The highest BCUT2D eigenvalue weighted by Crippen LogP contribution is 2.23. The second kappa shape index (κ2) is 5.42. The molecule has 96 valence electrons. The lowest BCUT2D eigenvalue weighted by Gasteiger charge is -2.29. The fourth-order valence-electron chi connectivity index (χ4n) is 2.89. The Morgan fingerprint density at radius 2 is 1.79 bits per heavy atom. The van der Waals surface area contributed by atoms with Gasteiger partial charge in [-0.2, -0.15) is 5.26 Å². The molecule has 1 heterocycles. The normalized spacial score (nSPS) is 17.4. The molecule has 0 aliphatic carbocycles. The van der Waals surface area contributed by atoms with Gasteiger partial charge < -0.3 is 0 Å². The number of hydrogen-bond donors (Lipinski definition) is 0. The van der Waals surface area contributed by atoms with Gasteiger partial charge in [0.1, 0.15) is 0 Å². The van der Waals surface area contributed by atoms with E-state index in [0.29, 0.717) is 0 Å². The van der Waals surface area contributed by atoms with Crippen LogP contribution in [0.2, 0.25) is 0 Å². The minimum Gasteiger partial charge on any atom is -0.299 e. The largest absolute Gasteiger partial charge is 0.299 e. The Balaban J connectivity index is 1.77. The van der Waals surface area contributed by atoms with Gasteiger partial charge in [-0.3, -0.25) is 4.90 Å². The van der Waals surface area contributed by atoms with Crippen LogP contribution < -0.4 is 0 Å². The van der Waals surface area contributed by atoms with Gasteiger partial charge in [0.2, 0.25) is 0 Å². The maximum Gasteiger partial charge on any atom is 0.0656 e. The van der Waals surface area contributed by atoms with E-state index in [4.69, 9.17) is 5.26 Å². The summed E-state index contributed by atoms with van der Waals surface area (Å²) in [4.78, 5) is 2.47. The summed E-state index contributed by atoms with van der Waals surface area (Å²) in [5.74, 6) is 0.267. The van der Waals surface area contributed by atoms with E-state index in [9.17, 15) is 0 Å². The van der Waals surface area contributed by atoms with Crippen LogP contribution >= 0.6 is 0 Å². The quantitative estimate of drug-likeness (QED) is 0.814. The average molecular weight is 250 g/mol. The van der Waals surface area contributed by atoms with Crippen molar-refractivity contribution in [3.8, 4) is 6.07 Å². The molecule has 2 nitrogen and oxygen atoms in total. The molecule has 2 heteroatoms. The minimum absolute atomic E-state index is 0.267. The molecule has 1 aliphatic rings. The first-order chi connectivity index (χ1) is 9.36. The Kier molecular flexibility index (Phi) is 3.48. The van der Waals surface area contributed by atoms with Gasteiger partial charge in [0.15, 0.2) is 0 Å². The lowest BCUT2D eigenvalue weighted by Crippen LogP contribution is -2.32. The third kappa shape index (κ3) is 2.62. The van der Waals surface area contributed by atoms with Gasteiger partial charge in [0.05, 0.1) is 6.07 Å². The SMILES string of the molecule is N#CC1CCN(Cc2cccc3ccccc23)CC1. The number of likely N-dealkylation sites (tertiary alicyclic amines) is 1. The van der Waals surface area contributed by atoms with Gasteiger partial charge >= 0.3 is 0 Å². The fraction of sp³-hybridized carbons (Fsp3) is 0.353. The van der Waals surface area contributed by atoms with Gasteiger partial charge in [-0.1, -0.05) is 42.5 Å². The summed E-state index contributed by atoms with van der Waals surface area (Å²) in [6.07, 6.45) is 2.03. The molecule has 2 aromatic carbocycles. The van der Waals surface area contributed by atoms with Gasteiger partial charge in [0, 0.05) is 12.5 Å². The van der Waals surface area contributed by atoms with Gasteiger partial charge in [-0.25, -0.2) is 0 Å². The molecule has 0 N–H and O–H groups in total. The first-order valence-corrected chi connectivity index (χ1v) is 6.95. The van der Waals surface area contributed by atoms with E-state index in [0.717, 1.165) is 32.5 Å². The van der Waals surface area contributed by atoms with Crippen molar-refractivity contribution in [1.29, 1.82) is 5.26 Å². The molecule has 1 fully saturated rings. The van der Waals surface area contributed by atoms with E-state index in [1.165, 1.54) is 16.3 Å². The second-order valence-corrected chi connectivity index (χ2v) is 5.32. The predicted octanol–water partition coefficient (Wildman–Crippen LogP) is 3.58. The maximum atomic E-state index is 8.94. The standard InChI is InChI=1S/C17H18N2/c18-12-14-8-10-19(11-9-14)13-16-6-3-5-15-4-1-2-7-17(15)16/h1-7,14H,8-11,13H2. The van der Waals surface area contributed by atoms with Crippen molar-refractivity contribution in [3.05, 3.63) is 48.0 Å². The van der Waals surface area contributed by atoms with Gasteiger partial charge in [-0.15, -0.1) is 0 Å². The monoisotopic (exact) mass is 250 g/mol. The number of benzene rings is 2. The van der Waals surface area contributed by atoms with E-state index in [-0.39, 0.29) is 5.92 Å². The van der Waals surface area contributed by atoms with Crippen LogP contribution in [0.3, 0.4) is 0 Å². The van der Waals surface area contributed by atoms with Crippen LogP contribution in [0.4, 0.5) is 0 Å². The molecular formula is C17H18N2. The van der Waals surface area contributed by atoms with E-state index in [1.807, 2.05) is 0 Å². The van der Waals surface area contributed by atoms with Crippen molar-refractivity contribution >= 4 is 10.8 Å². The van der Waals surface area contributed by atoms with Crippen LogP contribution in [0.5, 0.6) is 0 Å². The molecular weight excluding hydrogens is 232 g/mol. The molecule has 0 bridgehead atoms. The van der Waals surface area contributed by atoms with Crippen molar-refractivity contribution in [1.82, 2.24) is 4.90 Å². The molecule has 0 unspecified atom stereocenters. The number of nitriles is 1. The average Bonchev–Trinajstić information content (AvgIpc) is 2.48. The van der Waals surface area contributed by atoms with E-state index in [1.54, 1.807) is 0 Å². The third-order valence-electron chi connectivity index (χ3n) is 4.04. The molecule has 3 rings (SSSR count). The van der Waals surface area contributed by atoms with Crippen LogP contribution in [0.25, 0.3) is 10.8 Å². The Labute approximate surface area is 114 Å². The Bertz CT molecular complexity index is 599. The molecule has 1 aliphatic heterocycles. The highest BCUT2D eigenvalue weighted by molar-refractivity contribution is 5.85. The van der Waals surface area contributed by atoms with Crippen molar-refractivity contribution in [2.75, 3.05) is 13.1 Å². The molecule has 0 saturated carbocycles. The first-order valence-electron chi connectivity index (χ1n) is 6.95. The first kappa shape index (κ1) is 12.2. The topological polar surface area (TPSA) is 27.0 Å². The number of hydrogen-bond acceptors (Lipinski definition) is 2. The van der Waals surface area contributed by atoms with Crippen molar-refractivity contribution < 1.29 is 0 Å². The molecule has 0 atom stereocenters. The third-order valence-corrected chi connectivity index (χ3v) is 4.04. The minimum atomic E-state index is 0.267. The van der Waals surface area contributed by atoms with Crippen molar-refractivity contribution in [2.24, 2.45) is 5.92 Å². The Hall–Kier alpha value is -1.85. The predicted molar refractivity (Wildman–Crippen MR) is 77.6 cm³/mol. The number of fused-ring (bicyclic) bond motifs is 1. The van der Waals surface area contributed by atoms with E-state index >= 15 is 0 Å². The molecule has 1 saturated heterocycles. The van der Waals surface area contributed by atoms with Crippen LogP contribution in [-0.4, -0.2) is 18.0 Å². The van der Waals surface area contributed by atoms with Gasteiger partial charge in [0.25, 0.3) is 0 Å². The molecule has 0 radical (unpaired) electrons. The van der Waals surface area contributed by atoms with Crippen LogP contribution in [0, 0.1) is 17.2 Å². The van der Waals surface area contributed by atoms with Crippen LogP contribution in [0.1, 0.15) is 18.4 Å². The maximum absolute atomic E-state index is 8.94. The molecule has 0 amide bonds. The summed E-state index contributed by atoms with van der Waals surface area (Å²) in [6, 6.07) is 17.5. The summed E-state index contributed by atoms with van der Waals surface area (Å²) < 4.78 is 0. The zero-order chi connectivity index (χ0) is 13.1. The zero-order valence-corrected chi connectivity index (χ0v) is 11.0. The molecule has 0 spiro atoms. The molecule has 0 aromatic heterocycles. The number of nitrogens with zero attached hydrogens (tertiary/aromatic N) is 2. The lowest BCUT2D eigenvalue weighted by atomic mass is 9.97. The second-order valence-electron chi connectivity index (χ2n) is 5.32. The van der Waals surface area contributed by atoms with E-state index < -0.39 is 0 Å². The van der Waals surface area contributed by atoms with E-state index in [2.05, 4.69) is 53.4 Å². The smallest absolute Gasteiger partial charge is 0.0656 e. The number of piperidine rings is 1. The van der Waals surface area contributed by atoms with Crippen LogP contribution in [-0.2, 0) is 6.54 Å².